The highest BCUT2D eigenvalue weighted by molar-refractivity contribution is 7.92. The van der Waals surface area contributed by atoms with Gasteiger partial charge in [-0.05, 0) is 18.2 Å². The molecule has 21 heavy (non-hydrogen) atoms. The van der Waals surface area contributed by atoms with Crippen LogP contribution >= 0.6 is 11.6 Å². The maximum atomic E-state index is 13.1. The third-order valence-electron chi connectivity index (χ3n) is 2.39. The maximum Gasteiger partial charge on any atom is 0.263 e. The van der Waals surface area contributed by atoms with Crippen LogP contribution in [0.25, 0.3) is 0 Å². The van der Waals surface area contributed by atoms with Crippen LogP contribution in [0.15, 0.2) is 35.5 Å². The molecule has 0 saturated carbocycles. The predicted octanol–water partition coefficient (Wildman–Crippen LogP) is 2.74. The van der Waals surface area contributed by atoms with Gasteiger partial charge >= 0.3 is 0 Å². The first-order valence-electron chi connectivity index (χ1n) is 5.56. The molecule has 10 heteroatoms. The first-order chi connectivity index (χ1) is 9.78. The Morgan fingerprint density at radius 3 is 2.76 bits per heavy atom. The zero-order valence-corrected chi connectivity index (χ0v) is 11.9. The predicted molar refractivity (Wildman–Crippen MR) is 70.4 cm³/mol. The van der Waals surface area contributed by atoms with E-state index in [-0.39, 0.29) is 10.7 Å². The van der Waals surface area contributed by atoms with E-state index in [0.29, 0.717) is 0 Å². The fraction of sp³-hybridized carbons (Fsp3) is 0.182. The van der Waals surface area contributed by atoms with E-state index in [1.807, 2.05) is 0 Å². The van der Waals surface area contributed by atoms with E-state index in [2.05, 4.69) is 9.82 Å². The summed E-state index contributed by atoms with van der Waals surface area (Å²) in [5.74, 6) is -0.770. The Kier molecular flexibility index (Phi) is 4.43. The average Bonchev–Trinajstić information content (AvgIpc) is 2.77. The number of sulfonamides is 1. The van der Waals surface area contributed by atoms with Crippen LogP contribution in [0.5, 0.6) is 0 Å². The van der Waals surface area contributed by atoms with E-state index in [4.69, 9.17) is 11.6 Å². The van der Waals surface area contributed by atoms with Crippen molar-refractivity contribution in [2.75, 3.05) is 4.72 Å². The van der Waals surface area contributed by atoms with Crippen molar-refractivity contribution in [1.29, 1.82) is 0 Å². The third-order valence-corrected chi connectivity index (χ3v) is 4.26. The molecule has 114 valence electrons. The van der Waals surface area contributed by atoms with Crippen molar-refractivity contribution >= 4 is 27.3 Å². The number of nitrogens with one attached hydrogen (secondary N) is 1. The minimum Gasteiger partial charge on any atom is -0.276 e. The van der Waals surface area contributed by atoms with Crippen molar-refractivity contribution in [3.05, 3.63) is 41.4 Å². The van der Waals surface area contributed by atoms with Crippen LogP contribution in [0.4, 0.5) is 18.9 Å². The Hall–Kier alpha value is -1.74. The lowest BCUT2D eigenvalue weighted by Gasteiger charge is -2.07. The van der Waals surface area contributed by atoms with Gasteiger partial charge in [0.2, 0.25) is 0 Å². The second-order valence-electron chi connectivity index (χ2n) is 4.02. The van der Waals surface area contributed by atoms with E-state index >= 15 is 0 Å². The van der Waals surface area contributed by atoms with Crippen molar-refractivity contribution in [1.82, 2.24) is 9.78 Å². The standard InChI is InChI=1S/C11H9ClF3N3O2S/c12-9-2-1-7(13)3-10(9)21(19,20)17-8-4-16-18(5-8)6-11(14)15/h1-5,11,17H,6H2. The van der Waals surface area contributed by atoms with Gasteiger partial charge in [0.15, 0.2) is 0 Å². The molecule has 2 rings (SSSR count). The lowest BCUT2D eigenvalue weighted by Crippen LogP contribution is -2.13. The summed E-state index contributed by atoms with van der Waals surface area (Å²) in [7, 11) is -4.14. The molecule has 0 aliphatic carbocycles. The third kappa shape index (κ3) is 3.88. The minimum atomic E-state index is -4.14. The summed E-state index contributed by atoms with van der Waals surface area (Å²) in [4.78, 5) is -0.453. The van der Waals surface area contributed by atoms with Crippen molar-refractivity contribution in [2.24, 2.45) is 0 Å². The molecule has 0 atom stereocenters. The van der Waals surface area contributed by atoms with E-state index in [0.717, 1.165) is 35.3 Å². The van der Waals surface area contributed by atoms with Gasteiger partial charge in [0.25, 0.3) is 16.4 Å². The highest BCUT2D eigenvalue weighted by atomic mass is 35.5. The zero-order valence-electron chi connectivity index (χ0n) is 10.3. The Labute approximate surface area is 123 Å². The van der Waals surface area contributed by atoms with E-state index in [1.165, 1.54) is 0 Å². The molecule has 0 spiro atoms. The summed E-state index contributed by atoms with van der Waals surface area (Å²) in [5.41, 5.74) is -0.0315. The van der Waals surface area contributed by atoms with Crippen LogP contribution in [0.1, 0.15) is 0 Å². The molecule has 0 unspecified atom stereocenters. The molecule has 2 aromatic rings. The molecule has 0 bridgehead atoms. The van der Waals surface area contributed by atoms with Gasteiger partial charge in [-0.15, -0.1) is 0 Å². The van der Waals surface area contributed by atoms with Gasteiger partial charge in [-0.2, -0.15) is 5.10 Å². The summed E-state index contributed by atoms with van der Waals surface area (Å²) in [5, 5.41) is 3.41. The lowest BCUT2D eigenvalue weighted by molar-refractivity contribution is 0.122. The van der Waals surface area contributed by atoms with Crippen molar-refractivity contribution < 1.29 is 21.6 Å². The molecular formula is C11H9ClF3N3O2S. The fourth-order valence-electron chi connectivity index (χ4n) is 1.55. The number of hydrogen-bond donors (Lipinski definition) is 1. The number of nitrogens with zero attached hydrogens (tertiary/aromatic N) is 2. The van der Waals surface area contributed by atoms with Crippen LogP contribution in [0.2, 0.25) is 5.02 Å². The topological polar surface area (TPSA) is 64.0 Å². The monoisotopic (exact) mass is 339 g/mol. The molecule has 0 radical (unpaired) electrons. The smallest absolute Gasteiger partial charge is 0.263 e. The number of hydrogen-bond acceptors (Lipinski definition) is 3. The van der Waals surface area contributed by atoms with Crippen LogP contribution in [-0.4, -0.2) is 24.6 Å². The second kappa shape index (κ2) is 5.94. The van der Waals surface area contributed by atoms with Gasteiger partial charge in [-0.1, -0.05) is 11.6 Å². The molecule has 1 heterocycles. The van der Waals surface area contributed by atoms with Crippen LogP contribution in [-0.2, 0) is 16.6 Å². The summed E-state index contributed by atoms with van der Waals surface area (Å²) >= 11 is 5.72. The molecule has 0 saturated heterocycles. The molecular weight excluding hydrogens is 331 g/mol. The first kappa shape index (κ1) is 15.6. The Morgan fingerprint density at radius 1 is 1.38 bits per heavy atom. The SMILES string of the molecule is O=S(=O)(Nc1cnn(CC(F)F)c1)c1cc(F)ccc1Cl. The number of halogens is 4. The molecule has 0 fully saturated rings. The van der Waals surface area contributed by atoms with Crippen LogP contribution < -0.4 is 4.72 Å². The van der Waals surface area contributed by atoms with Gasteiger partial charge < -0.3 is 0 Å². The number of alkyl halides is 2. The number of anilines is 1. The van der Waals surface area contributed by atoms with E-state index in [1.54, 1.807) is 0 Å². The average molecular weight is 340 g/mol. The lowest BCUT2D eigenvalue weighted by atomic mass is 10.3. The fourth-order valence-corrected chi connectivity index (χ4v) is 3.09. The quantitative estimate of drug-likeness (QED) is 0.911. The highest BCUT2D eigenvalue weighted by Gasteiger charge is 2.20. The molecule has 0 aliphatic rings. The largest absolute Gasteiger partial charge is 0.276 e. The summed E-state index contributed by atoms with van der Waals surface area (Å²) in [6.07, 6.45) is -0.462. The van der Waals surface area contributed by atoms with Crippen molar-refractivity contribution in [3.8, 4) is 0 Å². The molecule has 1 aromatic carbocycles. The number of rotatable bonds is 5. The molecule has 0 amide bonds. The van der Waals surface area contributed by atoms with E-state index in [9.17, 15) is 21.6 Å². The van der Waals surface area contributed by atoms with E-state index < -0.39 is 33.7 Å². The summed E-state index contributed by atoms with van der Waals surface area (Å²) < 4.78 is 64.5. The van der Waals surface area contributed by atoms with Crippen LogP contribution in [0, 0.1) is 5.82 Å². The van der Waals surface area contributed by atoms with Crippen LogP contribution in [0.3, 0.4) is 0 Å². The molecule has 5 nitrogen and oxygen atoms in total. The number of aromatic nitrogens is 2. The van der Waals surface area contributed by atoms with Gasteiger partial charge in [0, 0.05) is 6.20 Å². The van der Waals surface area contributed by atoms with Gasteiger partial charge in [-0.3, -0.25) is 9.40 Å². The first-order valence-corrected chi connectivity index (χ1v) is 7.42. The Balaban J connectivity index is 2.25. The Morgan fingerprint density at radius 2 is 2.10 bits per heavy atom. The molecule has 0 aliphatic heterocycles. The number of benzene rings is 1. The second-order valence-corrected chi connectivity index (χ2v) is 6.08. The van der Waals surface area contributed by atoms with Gasteiger partial charge in [0.1, 0.15) is 17.3 Å². The Bertz CT molecular complexity index is 749. The zero-order chi connectivity index (χ0) is 15.6. The molecule has 1 aromatic heterocycles. The normalized spacial score (nSPS) is 11.9. The maximum absolute atomic E-state index is 13.1. The highest BCUT2D eigenvalue weighted by Crippen LogP contribution is 2.24. The molecule has 1 N–H and O–H groups in total. The summed E-state index contributed by atoms with van der Waals surface area (Å²) in [6.45, 7) is -0.664. The van der Waals surface area contributed by atoms with Crippen molar-refractivity contribution in [2.45, 2.75) is 17.9 Å². The summed E-state index contributed by atoms with van der Waals surface area (Å²) in [6, 6.07) is 2.88. The minimum absolute atomic E-state index is 0.0315. The van der Waals surface area contributed by atoms with Crippen molar-refractivity contribution in [3.63, 3.8) is 0 Å². The van der Waals surface area contributed by atoms with Gasteiger partial charge in [0.05, 0.1) is 16.9 Å². The van der Waals surface area contributed by atoms with Gasteiger partial charge in [-0.25, -0.2) is 21.6 Å².